The zero-order valence-electron chi connectivity index (χ0n) is 9.31. The summed E-state index contributed by atoms with van der Waals surface area (Å²) in [5.74, 6) is -0.0782. The van der Waals surface area contributed by atoms with Crippen molar-refractivity contribution in [2.24, 2.45) is 0 Å². The van der Waals surface area contributed by atoms with Gasteiger partial charge in [-0.2, -0.15) is 5.26 Å². The van der Waals surface area contributed by atoms with Crippen LogP contribution in [0.15, 0.2) is 59.1 Å². The lowest BCUT2D eigenvalue weighted by molar-refractivity contribution is 0.848. The van der Waals surface area contributed by atoms with Crippen molar-refractivity contribution in [1.82, 2.24) is 0 Å². The molecule has 1 atom stereocenters. The molecule has 0 fully saturated rings. The normalized spacial score (nSPS) is 11.8. The van der Waals surface area contributed by atoms with Crippen molar-refractivity contribution >= 4 is 15.9 Å². The molecule has 2 rings (SSSR count). The summed E-state index contributed by atoms with van der Waals surface area (Å²) in [6.45, 7) is 0. The van der Waals surface area contributed by atoms with Crippen LogP contribution in [-0.4, -0.2) is 0 Å². The number of nitrogens with zero attached hydrogens (tertiary/aromatic N) is 1. The largest absolute Gasteiger partial charge is 0.198 e. The Labute approximate surface area is 110 Å². The Kier molecular flexibility index (Phi) is 3.95. The molecule has 0 aliphatic rings. The number of hydrogen-bond donors (Lipinski definition) is 0. The molecule has 0 saturated carbocycles. The topological polar surface area (TPSA) is 23.8 Å². The summed E-state index contributed by atoms with van der Waals surface area (Å²) in [6.07, 6.45) is 0.750. The fourth-order valence-electron chi connectivity index (χ4n) is 1.82. The molecule has 0 aliphatic heterocycles. The van der Waals surface area contributed by atoms with Crippen LogP contribution in [0.2, 0.25) is 0 Å². The molecule has 0 bridgehead atoms. The molecule has 1 unspecified atom stereocenters. The first kappa shape index (κ1) is 11.9. The SMILES string of the molecule is N#CC(Cc1cccc(Br)c1)c1ccccc1. The van der Waals surface area contributed by atoms with Gasteiger partial charge in [0.05, 0.1) is 12.0 Å². The molecule has 0 aromatic heterocycles. The van der Waals surface area contributed by atoms with Gasteiger partial charge in [-0.1, -0.05) is 58.4 Å². The van der Waals surface area contributed by atoms with Gasteiger partial charge in [0.1, 0.15) is 0 Å². The van der Waals surface area contributed by atoms with Gasteiger partial charge in [-0.3, -0.25) is 0 Å². The van der Waals surface area contributed by atoms with Gasteiger partial charge in [-0.15, -0.1) is 0 Å². The summed E-state index contributed by atoms with van der Waals surface area (Å²) in [6, 6.07) is 20.4. The molecular formula is C15H12BrN. The van der Waals surface area contributed by atoms with E-state index in [0.717, 1.165) is 16.5 Å². The van der Waals surface area contributed by atoms with E-state index in [2.05, 4.69) is 34.1 Å². The molecule has 2 aromatic carbocycles. The maximum absolute atomic E-state index is 9.25. The molecule has 0 N–H and O–H groups in total. The Hall–Kier alpha value is -1.59. The first-order valence-electron chi connectivity index (χ1n) is 5.48. The van der Waals surface area contributed by atoms with Crippen LogP contribution >= 0.6 is 15.9 Å². The van der Waals surface area contributed by atoms with E-state index in [0.29, 0.717) is 0 Å². The third-order valence-corrected chi connectivity index (χ3v) is 3.18. The maximum Gasteiger partial charge on any atom is 0.0753 e. The highest BCUT2D eigenvalue weighted by Gasteiger charge is 2.10. The van der Waals surface area contributed by atoms with E-state index in [9.17, 15) is 5.26 Å². The smallest absolute Gasteiger partial charge is 0.0753 e. The lowest BCUT2D eigenvalue weighted by Crippen LogP contribution is -2.00. The lowest BCUT2D eigenvalue weighted by atomic mass is 9.93. The van der Waals surface area contributed by atoms with E-state index in [1.807, 2.05) is 42.5 Å². The maximum atomic E-state index is 9.25. The molecule has 0 aliphatic carbocycles. The van der Waals surface area contributed by atoms with Gasteiger partial charge < -0.3 is 0 Å². The predicted octanol–water partition coefficient (Wildman–Crippen LogP) is 4.30. The Balaban J connectivity index is 2.20. The summed E-state index contributed by atoms with van der Waals surface area (Å²) in [5.41, 5.74) is 2.25. The van der Waals surface area contributed by atoms with Gasteiger partial charge in [-0.25, -0.2) is 0 Å². The highest BCUT2D eigenvalue weighted by Crippen LogP contribution is 2.21. The van der Waals surface area contributed by atoms with Crippen molar-refractivity contribution in [3.05, 3.63) is 70.2 Å². The van der Waals surface area contributed by atoms with E-state index in [1.54, 1.807) is 0 Å². The molecule has 0 heterocycles. The summed E-state index contributed by atoms with van der Waals surface area (Å²) < 4.78 is 1.06. The second-order valence-corrected chi connectivity index (χ2v) is 4.84. The molecule has 0 saturated heterocycles. The molecule has 17 heavy (non-hydrogen) atoms. The number of halogens is 1. The number of nitriles is 1. The monoisotopic (exact) mass is 285 g/mol. The zero-order chi connectivity index (χ0) is 12.1. The van der Waals surface area contributed by atoms with Gasteiger partial charge in [0.2, 0.25) is 0 Å². The molecule has 1 nitrogen and oxygen atoms in total. The van der Waals surface area contributed by atoms with Gasteiger partial charge in [-0.05, 0) is 29.7 Å². The first-order valence-corrected chi connectivity index (χ1v) is 6.28. The van der Waals surface area contributed by atoms with Crippen LogP contribution in [0.5, 0.6) is 0 Å². The van der Waals surface area contributed by atoms with Crippen molar-refractivity contribution in [3.8, 4) is 6.07 Å². The van der Waals surface area contributed by atoms with Crippen LogP contribution in [0.3, 0.4) is 0 Å². The minimum absolute atomic E-state index is 0.0782. The Morgan fingerprint density at radius 2 is 1.82 bits per heavy atom. The fourth-order valence-corrected chi connectivity index (χ4v) is 2.27. The van der Waals surface area contributed by atoms with Crippen LogP contribution in [0.1, 0.15) is 17.0 Å². The second-order valence-electron chi connectivity index (χ2n) is 3.93. The minimum atomic E-state index is -0.0782. The van der Waals surface area contributed by atoms with Crippen molar-refractivity contribution < 1.29 is 0 Å². The third-order valence-electron chi connectivity index (χ3n) is 2.69. The molecule has 84 valence electrons. The summed E-state index contributed by atoms with van der Waals surface area (Å²) in [5, 5.41) is 9.25. The van der Waals surface area contributed by atoms with Crippen LogP contribution in [0, 0.1) is 11.3 Å². The Morgan fingerprint density at radius 1 is 1.06 bits per heavy atom. The van der Waals surface area contributed by atoms with Crippen molar-refractivity contribution in [2.75, 3.05) is 0 Å². The highest BCUT2D eigenvalue weighted by atomic mass is 79.9. The van der Waals surface area contributed by atoms with Crippen LogP contribution in [0.25, 0.3) is 0 Å². The summed E-state index contributed by atoms with van der Waals surface area (Å²) in [7, 11) is 0. The molecule has 0 radical (unpaired) electrons. The minimum Gasteiger partial charge on any atom is -0.198 e. The van der Waals surface area contributed by atoms with Crippen LogP contribution in [0.4, 0.5) is 0 Å². The Morgan fingerprint density at radius 3 is 2.47 bits per heavy atom. The third kappa shape index (κ3) is 3.18. The first-order chi connectivity index (χ1) is 8.29. The second kappa shape index (κ2) is 5.65. The number of hydrogen-bond acceptors (Lipinski definition) is 1. The summed E-state index contributed by atoms with van der Waals surface area (Å²) >= 11 is 3.45. The van der Waals surface area contributed by atoms with Crippen molar-refractivity contribution in [2.45, 2.75) is 12.3 Å². The quantitative estimate of drug-likeness (QED) is 0.825. The molecule has 0 amide bonds. The van der Waals surface area contributed by atoms with Crippen molar-refractivity contribution in [3.63, 3.8) is 0 Å². The van der Waals surface area contributed by atoms with Crippen molar-refractivity contribution in [1.29, 1.82) is 5.26 Å². The molecule has 2 heteroatoms. The molecular weight excluding hydrogens is 274 g/mol. The average Bonchev–Trinajstić information content (AvgIpc) is 2.37. The van der Waals surface area contributed by atoms with E-state index in [-0.39, 0.29) is 5.92 Å². The number of rotatable bonds is 3. The lowest BCUT2D eigenvalue weighted by Gasteiger charge is -2.09. The fraction of sp³-hybridized carbons (Fsp3) is 0.133. The van der Waals surface area contributed by atoms with E-state index in [1.165, 1.54) is 5.56 Å². The van der Waals surface area contributed by atoms with E-state index >= 15 is 0 Å². The highest BCUT2D eigenvalue weighted by molar-refractivity contribution is 9.10. The number of benzene rings is 2. The van der Waals surface area contributed by atoms with Crippen LogP contribution < -0.4 is 0 Å². The van der Waals surface area contributed by atoms with Gasteiger partial charge >= 0.3 is 0 Å². The average molecular weight is 286 g/mol. The van der Waals surface area contributed by atoms with Gasteiger partial charge in [0.15, 0.2) is 0 Å². The molecule has 2 aromatic rings. The Bertz CT molecular complexity index is 528. The van der Waals surface area contributed by atoms with Gasteiger partial charge in [0.25, 0.3) is 0 Å². The van der Waals surface area contributed by atoms with E-state index in [4.69, 9.17) is 0 Å². The molecule has 0 spiro atoms. The summed E-state index contributed by atoms with van der Waals surface area (Å²) in [4.78, 5) is 0. The van der Waals surface area contributed by atoms with Gasteiger partial charge in [0, 0.05) is 4.47 Å². The van der Waals surface area contributed by atoms with E-state index < -0.39 is 0 Å². The van der Waals surface area contributed by atoms with Crippen LogP contribution in [-0.2, 0) is 6.42 Å². The standard InChI is InChI=1S/C15H12BrN/c16-15-8-4-5-12(10-15)9-14(11-17)13-6-2-1-3-7-13/h1-8,10,14H,9H2. The predicted molar refractivity (Wildman–Crippen MR) is 72.6 cm³/mol. The zero-order valence-corrected chi connectivity index (χ0v) is 10.9.